The molecule has 0 aromatic carbocycles. The molecule has 0 aliphatic heterocycles. The van der Waals surface area contributed by atoms with Crippen LogP contribution in [0.4, 0.5) is 0 Å². The van der Waals surface area contributed by atoms with Crippen LogP contribution in [0.2, 0.25) is 19.6 Å². The first-order valence-corrected chi connectivity index (χ1v) is 9.06. The van der Waals surface area contributed by atoms with Crippen LogP contribution in [0.1, 0.15) is 6.42 Å². The van der Waals surface area contributed by atoms with Gasteiger partial charge in [-0.25, -0.2) is 9.59 Å². The lowest BCUT2D eigenvalue weighted by atomic mass is 9.95. The number of ether oxygens (including phenoxy) is 1. The Morgan fingerprint density at radius 1 is 1.39 bits per heavy atom. The Kier molecular flexibility index (Phi) is 4.47. The number of rotatable bonds is 4. The highest BCUT2D eigenvalue weighted by atomic mass is 28.4. The molecule has 1 N–H and O–H groups in total. The zero-order valence-electron chi connectivity index (χ0n) is 11.0. The summed E-state index contributed by atoms with van der Waals surface area (Å²) in [6.07, 6.45) is 3.02. The van der Waals surface area contributed by atoms with E-state index in [0.717, 1.165) is 0 Å². The molecule has 0 radical (unpaired) electrons. The minimum Gasteiger partial charge on any atom is -0.478 e. The Morgan fingerprint density at radius 3 is 2.44 bits per heavy atom. The van der Waals surface area contributed by atoms with E-state index in [1.54, 1.807) is 12.2 Å². The van der Waals surface area contributed by atoms with Gasteiger partial charge in [0.25, 0.3) is 0 Å². The molecule has 1 unspecified atom stereocenters. The lowest BCUT2D eigenvalue weighted by molar-refractivity contribution is -0.138. The van der Waals surface area contributed by atoms with E-state index in [0.29, 0.717) is 0 Å². The van der Waals surface area contributed by atoms with E-state index in [1.807, 2.05) is 19.6 Å². The average Bonchev–Trinajstić information content (AvgIpc) is 2.25. The van der Waals surface area contributed by atoms with Crippen molar-refractivity contribution in [3.63, 3.8) is 0 Å². The molecule has 0 saturated carbocycles. The van der Waals surface area contributed by atoms with Crippen molar-refractivity contribution in [2.45, 2.75) is 32.2 Å². The van der Waals surface area contributed by atoms with Gasteiger partial charge in [0.1, 0.15) is 0 Å². The average molecular weight is 270 g/mol. The molecule has 0 aromatic rings. The van der Waals surface area contributed by atoms with Crippen molar-refractivity contribution in [2.75, 3.05) is 7.11 Å². The third-order valence-electron chi connectivity index (χ3n) is 2.39. The maximum atomic E-state index is 11.6. The Labute approximate surface area is 107 Å². The van der Waals surface area contributed by atoms with Crippen LogP contribution in [0.25, 0.3) is 0 Å². The second-order valence-corrected chi connectivity index (χ2v) is 9.43. The quantitative estimate of drug-likeness (QED) is 0.478. The maximum Gasteiger partial charge on any atom is 0.335 e. The molecule has 0 saturated heterocycles. The molecule has 0 bridgehead atoms. The standard InChI is InChI=1S/C12H18O5Si/c1-16-12(15)8-6-5-7-9(10(8)11(13)14)17-18(2,3)4/h5,7,9H,6H2,1-4H3,(H,13,14). The summed E-state index contributed by atoms with van der Waals surface area (Å²) in [5.41, 5.74) is 0.155. The monoisotopic (exact) mass is 270 g/mol. The van der Waals surface area contributed by atoms with E-state index in [2.05, 4.69) is 4.74 Å². The molecular weight excluding hydrogens is 252 g/mol. The SMILES string of the molecule is COC(=O)C1=C(C(=O)O)C(O[Si](C)(C)C)C=CC1. The number of aliphatic carboxylic acids is 1. The predicted octanol–water partition coefficient (Wildman–Crippen LogP) is 1.72. The van der Waals surface area contributed by atoms with Crippen molar-refractivity contribution in [1.29, 1.82) is 0 Å². The van der Waals surface area contributed by atoms with Gasteiger partial charge >= 0.3 is 11.9 Å². The lowest BCUT2D eigenvalue weighted by Gasteiger charge is -2.27. The van der Waals surface area contributed by atoms with Gasteiger partial charge in [-0.15, -0.1) is 0 Å². The summed E-state index contributed by atoms with van der Waals surface area (Å²) in [4.78, 5) is 22.9. The van der Waals surface area contributed by atoms with E-state index < -0.39 is 26.4 Å². The Hall–Kier alpha value is -1.40. The van der Waals surface area contributed by atoms with Gasteiger partial charge in [-0.2, -0.15) is 0 Å². The summed E-state index contributed by atoms with van der Waals surface area (Å²) in [6, 6.07) is 0. The number of allylic oxidation sites excluding steroid dienone is 1. The first kappa shape index (κ1) is 14.7. The van der Waals surface area contributed by atoms with Crippen LogP contribution < -0.4 is 0 Å². The number of esters is 1. The molecule has 1 aliphatic rings. The third-order valence-corrected chi connectivity index (χ3v) is 3.35. The van der Waals surface area contributed by atoms with Gasteiger partial charge in [-0.1, -0.05) is 12.2 Å². The summed E-state index contributed by atoms with van der Waals surface area (Å²) in [7, 11) is -0.670. The van der Waals surface area contributed by atoms with Crippen molar-refractivity contribution in [2.24, 2.45) is 0 Å². The van der Waals surface area contributed by atoms with Crippen molar-refractivity contribution >= 4 is 20.3 Å². The van der Waals surface area contributed by atoms with E-state index >= 15 is 0 Å². The molecule has 0 spiro atoms. The number of carbonyl (C=O) groups is 2. The molecule has 0 fully saturated rings. The Morgan fingerprint density at radius 2 is 2.00 bits per heavy atom. The van der Waals surface area contributed by atoms with Gasteiger partial charge in [0.15, 0.2) is 8.32 Å². The molecule has 5 nitrogen and oxygen atoms in total. The third kappa shape index (κ3) is 3.54. The normalized spacial score (nSPS) is 19.9. The maximum absolute atomic E-state index is 11.6. The smallest absolute Gasteiger partial charge is 0.335 e. The van der Waals surface area contributed by atoms with Crippen molar-refractivity contribution < 1.29 is 23.9 Å². The number of hydrogen-bond donors (Lipinski definition) is 1. The summed E-state index contributed by atoms with van der Waals surface area (Å²) in [6.45, 7) is 5.90. The van der Waals surface area contributed by atoms with Crippen LogP contribution in [0.15, 0.2) is 23.3 Å². The van der Waals surface area contributed by atoms with E-state index in [1.165, 1.54) is 7.11 Å². The Bertz CT molecular complexity index is 417. The van der Waals surface area contributed by atoms with E-state index in [9.17, 15) is 14.7 Å². The van der Waals surface area contributed by atoms with Crippen molar-refractivity contribution in [1.82, 2.24) is 0 Å². The van der Waals surface area contributed by atoms with E-state index in [-0.39, 0.29) is 17.6 Å². The molecule has 0 aromatic heterocycles. The van der Waals surface area contributed by atoms with Crippen LogP contribution in [0.3, 0.4) is 0 Å². The molecule has 1 aliphatic carbocycles. The zero-order chi connectivity index (χ0) is 13.9. The second kappa shape index (κ2) is 5.49. The highest BCUT2D eigenvalue weighted by molar-refractivity contribution is 6.69. The van der Waals surface area contributed by atoms with Gasteiger partial charge in [-0.05, 0) is 26.1 Å². The first-order valence-electron chi connectivity index (χ1n) is 5.65. The van der Waals surface area contributed by atoms with Crippen LogP contribution in [0, 0.1) is 0 Å². The molecule has 1 rings (SSSR count). The topological polar surface area (TPSA) is 72.8 Å². The number of methoxy groups -OCH3 is 1. The fourth-order valence-corrected chi connectivity index (χ4v) is 2.69. The van der Waals surface area contributed by atoms with Gasteiger partial charge in [0.2, 0.25) is 0 Å². The second-order valence-electron chi connectivity index (χ2n) is 4.97. The minimum atomic E-state index is -1.91. The van der Waals surface area contributed by atoms with Crippen molar-refractivity contribution in [3.05, 3.63) is 23.3 Å². The number of hydrogen-bond acceptors (Lipinski definition) is 4. The van der Waals surface area contributed by atoms with Crippen LogP contribution in [-0.4, -0.2) is 38.6 Å². The fourth-order valence-electron chi connectivity index (χ4n) is 1.73. The summed E-state index contributed by atoms with van der Waals surface area (Å²) < 4.78 is 10.4. The zero-order valence-corrected chi connectivity index (χ0v) is 12.0. The molecule has 100 valence electrons. The summed E-state index contributed by atoms with van der Waals surface area (Å²) in [5, 5.41) is 9.26. The van der Waals surface area contributed by atoms with Gasteiger partial charge < -0.3 is 14.3 Å². The van der Waals surface area contributed by atoms with Crippen LogP contribution >= 0.6 is 0 Å². The minimum absolute atomic E-state index is 0.00762. The molecule has 0 amide bonds. The van der Waals surface area contributed by atoms with Crippen LogP contribution in [0.5, 0.6) is 0 Å². The van der Waals surface area contributed by atoms with Crippen molar-refractivity contribution in [3.8, 4) is 0 Å². The highest BCUT2D eigenvalue weighted by Crippen LogP contribution is 2.26. The molecular formula is C12H18O5Si. The molecule has 0 heterocycles. The number of carboxylic acids is 1. The summed E-state index contributed by atoms with van der Waals surface area (Å²) in [5.74, 6) is -1.75. The lowest BCUT2D eigenvalue weighted by Crippen LogP contribution is -2.36. The van der Waals surface area contributed by atoms with Crippen LogP contribution in [-0.2, 0) is 18.8 Å². The number of carboxylic acid groups (broad SMARTS) is 1. The summed E-state index contributed by atoms with van der Waals surface area (Å²) >= 11 is 0. The largest absolute Gasteiger partial charge is 0.478 e. The van der Waals surface area contributed by atoms with Gasteiger partial charge in [0.05, 0.1) is 24.4 Å². The first-order chi connectivity index (χ1) is 8.26. The van der Waals surface area contributed by atoms with Gasteiger partial charge in [0, 0.05) is 0 Å². The molecule has 1 atom stereocenters. The Balaban J connectivity index is 3.14. The number of carbonyl (C=O) groups excluding carboxylic acids is 1. The fraction of sp³-hybridized carbons (Fsp3) is 0.500. The predicted molar refractivity (Wildman–Crippen MR) is 68.7 cm³/mol. The molecule has 6 heteroatoms. The van der Waals surface area contributed by atoms with E-state index in [4.69, 9.17) is 4.43 Å². The van der Waals surface area contributed by atoms with Gasteiger partial charge in [-0.3, -0.25) is 0 Å². The highest BCUT2D eigenvalue weighted by Gasteiger charge is 2.32. The molecule has 18 heavy (non-hydrogen) atoms.